The molecule has 0 aliphatic rings. The molecule has 0 saturated heterocycles. The van der Waals surface area contributed by atoms with Crippen molar-refractivity contribution in [2.24, 2.45) is 0 Å². The van der Waals surface area contributed by atoms with Crippen molar-refractivity contribution in [2.75, 3.05) is 11.9 Å². The number of benzene rings is 1. The van der Waals surface area contributed by atoms with Crippen LogP contribution in [0.5, 0.6) is 0 Å². The number of rotatable bonds is 13. The molecule has 2 atom stereocenters. The molecule has 0 aromatic heterocycles. The lowest BCUT2D eigenvalue weighted by molar-refractivity contribution is -0.143. The number of carboxylic acid groups (broad SMARTS) is 3. The molecule has 0 fully saturated rings. The average molecular weight is 433 g/mol. The third-order valence-corrected chi connectivity index (χ3v) is 4.09. The van der Waals surface area contributed by atoms with E-state index in [1.165, 1.54) is 12.1 Å². The van der Waals surface area contributed by atoms with Crippen LogP contribution in [-0.2, 0) is 19.2 Å². The summed E-state index contributed by atoms with van der Waals surface area (Å²) in [4.78, 5) is 57.3. The summed E-state index contributed by atoms with van der Waals surface area (Å²) in [6, 6.07) is 3.33. The molecule has 0 bridgehead atoms. The van der Waals surface area contributed by atoms with E-state index in [0.29, 0.717) is 12.2 Å². The highest BCUT2D eigenvalue weighted by Crippen LogP contribution is 2.10. The Bertz CT molecular complexity index is 860. The van der Waals surface area contributed by atoms with Crippen molar-refractivity contribution in [3.05, 3.63) is 29.8 Å². The van der Waals surface area contributed by atoms with E-state index in [4.69, 9.17) is 16.6 Å². The molecule has 0 aliphatic heterocycles. The van der Waals surface area contributed by atoms with Gasteiger partial charge in [-0.1, -0.05) is 5.92 Å². The first-order valence-electron chi connectivity index (χ1n) is 9.19. The fourth-order valence-electron chi connectivity index (χ4n) is 2.46. The average Bonchev–Trinajstić information content (AvgIpc) is 2.72. The standard InChI is InChI=1S/C20H23N3O8/c1-2-11-21-13-5-3-12(4-6-13)18(27)23-15(20(30)31)7-9-16(24)22-14(19(28)29)8-10-17(25)26/h1,3-6,14-15,21H,7-11H2,(H,22,24)(H,23,27)(H,25,26)(H,28,29)(H,30,31)/t14-,15+/m1/s1. The smallest absolute Gasteiger partial charge is 0.326 e. The van der Waals surface area contributed by atoms with E-state index in [1.807, 2.05) is 0 Å². The monoisotopic (exact) mass is 433 g/mol. The summed E-state index contributed by atoms with van der Waals surface area (Å²) in [7, 11) is 0. The maximum atomic E-state index is 12.3. The molecule has 0 spiro atoms. The number of carbonyl (C=O) groups excluding carboxylic acids is 2. The summed E-state index contributed by atoms with van der Waals surface area (Å²) in [5.41, 5.74) is 0.874. The van der Waals surface area contributed by atoms with Gasteiger partial charge in [0, 0.05) is 24.1 Å². The van der Waals surface area contributed by atoms with Crippen molar-refractivity contribution in [1.82, 2.24) is 10.6 Å². The third kappa shape index (κ3) is 9.31. The van der Waals surface area contributed by atoms with Crippen molar-refractivity contribution in [3.63, 3.8) is 0 Å². The SMILES string of the molecule is C#CCNc1ccc(C(=O)N[C@@H](CCC(=O)N[C@H](CCC(=O)O)C(=O)O)C(=O)O)cc1. The van der Waals surface area contributed by atoms with Gasteiger partial charge in [0.1, 0.15) is 12.1 Å². The number of anilines is 1. The second-order valence-electron chi connectivity index (χ2n) is 6.43. The molecule has 0 saturated carbocycles. The molecule has 11 nitrogen and oxygen atoms in total. The molecule has 1 aromatic rings. The second-order valence-corrected chi connectivity index (χ2v) is 6.43. The van der Waals surface area contributed by atoms with E-state index < -0.39 is 48.2 Å². The van der Waals surface area contributed by atoms with E-state index in [1.54, 1.807) is 12.1 Å². The molecular weight excluding hydrogens is 410 g/mol. The lowest BCUT2D eigenvalue weighted by atomic mass is 10.1. The number of nitrogens with one attached hydrogen (secondary N) is 3. The maximum absolute atomic E-state index is 12.3. The summed E-state index contributed by atoms with van der Waals surface area (Å²) < 4.78 is 0. The molecular formula is C20H23N3O8. The van der Waals surface area contributed by atoms with E-state index in [9.17, 15) is 29.1 Å². The zero-order chi connectivity index (χ0) is 23.4. The number of hydrogen-bond acceptors (Lipinski definition) is 6. The summed E-state index contributed by atoms with van der Waals surface area (Å²) >= 11 is 0. The first-order chi connectivity index (χ1) is 14.6. The summed E-state index contributed by atoms with van der Waals surface area (Å²) in [6.45, 7) is 0.299. The quantitative estimate of drug-likeness (QED) is 0.235. The van der Waals surface area contributed by atoms with Crippen LogP contribution >= 0.6 is 0 Å². The highest BCUT2D eigenvalue weighted by molar-refractivity contribution is 5.97. The van der Waals surface area contributed by atoms with Crippen LogP contribution in [0.3, 0.4) is 0 Å². The molecule has 31 heavy (non-hydrogen) atoms. The fraction of sp³-hybridized carbons (Fsp3) is 0.350. The molecule has 1 aromatic carbocycles. The zero-order valence-corrected chi connectivity index (χ0v) is 16.5. The van der Waals surface area contributed by atoms with Gasteiger partial charge >= 0.3 is 17.9 Å². The van der Waals surface area contributed by atoms with Crippen LogP contribution in [0, 0.1) is 12.3 Å². The molecule has 1 rings (SSSR count). The second kappa shape index (κ2) is 12.5. The number of carboxylic acids is 3. The Hall–Kier alpha value is -4.07. The van der Waals surface area contributed by atoms with Gasteiger partial charge in [0.15, 0.2) is 0 Å². The number of amides is 2. The van der Waals surface area contributed by atoms with Gasteiger partial charge < -0.3 is 31.3 Å². The van der Waals surface area contributed by atoms with Crippen LogP contribution in [0.25, 0.3) is 0 Å². The number of terminal acetylenes is 1. The number of aliphatic carboxylic acids is 3. The lowest BCUT2D eigenvalue weighted by Crippen LogP contribution is -2.44. The van der Waals surface area contributed by atoms with E-state index in [2.05, 4.69) is 21.9 Å². The van der Waals surface area contributed by atoms with Crippen molar-refractivity contribution in [1.29, 1.82) is 0 Å². The van der Waals surface area contributed by atoms with Gasteiger partial charge in [-0.2, -0.15) is 0 Å². The van der Waals surface area contributed by atoms with Gasteiger partial charge in [-0.3, -0.25) is 14.4 Å². The predicted molar refractivity (Wildman–Crippen MR) is 108 cm³/mol. The van der Waals surface area contributed by atoms with E-state index >= 15 is 0 Å². The summed E-state index contributed by atoms with van der Waals surface area (Å²) in [5.74, 6) is -3.03. The van der Waals surface area contributed by atoms with Gasteiger partial charge in [-0.25, -0.2) is 9.59 Å². The third-order valence-electron chi connectivity index (χ3n) is 4.09. The first kappa shape index (κ1) is 25.0. The van der Waals surface area contributed by atoms with Crippen LogP contribution in [0.1, 0.15) is 36.0 Å². The van der Waals surface area contributed by atoms with Crippen molar-refractivity contribution >= 4 is 35.4 Å². The topological polar surface area (TPSA) is 182 Å². The fourth-order valence-corrected chi connectivity index (χ4v) is 2.46. The van der Waals surface area contributed by atoms with Crippen LogP contribution < -0.4 is 16.0 Å². The zero-order valence-electron chi connectivity index (χ0n) is 16.5. The van der Waals surface area contributed by atoms with Crippen molar-refractivity contribution in [3.8, 4) is 12.3 Å². The Balaban J connectivity index is 2.63. The minimum atomic E-state index is -1.41. The number of hydrogen-bond donors (Lipinski definition) is 6. The molecule has 0 heterocycles. The van der Waals surface area contributed by atoms with Gasteiger partial charge in [0.2, 0.25) is 5.91 Å². The van der Waals surface area contributed by atoms with Gasteiger partial charge in [-0.15, -0.1) is 6.42 Å². The minimum Gasteiger partial charge on any atom is -0.481 e. The molecule has 166 valence electrons. The molecule has 0 unspecified atom stereocenters. The van der Waals surface area contributed by atoms with E-state index in [-0.39, 0.29) is 24.8 Å². The van der Waals surface area contributed by atoms with Crippen LogP contribution in [0.2, 0.25) is 0 Å². The summed E-state index contributed by atoms with van der Waals surface area (Å²) in [5, 5.41) is 34.3. The van der Waals surface area contributed by atoms with Crippen molar-refractivity contribution < 1.29 is 39.3 Å². The lowest BCUT2D eigenvalue weighted by Gasteiger charge is -2.16. The molecule has 0 aliphatic carbocycles. The molecule has 2 amide bonds. The molecule has 6 N–H and O–H groups in total. The Morgan fingerprint density at radius 2 is 1.42 bits per heavy atom. The van der Waals surface area contributed by atoms with Gasteiger partial charge in [0.25, 0.3) is 5.91 Å². The molecule has 11 heteroatoms. The van der Waals surface area contributed by atoms with Crippen LogP contribution in [0.15, 0.2) is 24.3 Å². The first-order valence-corrected chi connectivity index (χ1v) is 9.19. The Kier molecular flexibility index (Phi) is 10.1. The predicted octanol–water partition coefficient (Wildman–Crippen LogP) is 0.129. The van der Waals surface area contributed by atoms with Gasteiger partial charge in [0.05, 0.1) is 6.54 Å². The number of carbonyl (C=O) groups is 5. The Labute approximate surface area is 177 Å². The minimum absolute atomic E-state index is 0.196. The largest absolute Gasteiger partial charge is 0.481 e. The van der Waals surface area contributed by atoms with Crippen LogP contribution in [-0.4, -0.2) is 63.7 Å². The van der Waals surface area contributed by atoms with E-state index in [0.717, 1.165) is 0 Å². The summed E-state index contributed by atoms with van der Waals surface area (Å²) in [6.07, 6.45) is 3.69. The van der Waals surface area contributed by atoms with Crippen LogP contribution in [0.4, 0.5) is 5.69 Å². The normalized spacial score (nSPS) is 12.0. The maximum Gasteiger partial charge on any atom is 0.326 e. The van der Waals surface area contributed by atoms with Crippen molar-refractivity contribution in [2.45, 2.75) is 37.8 Å². The molecule has 0 radical (unpaired) electrons. The van der Waals surface area contributed by atoms with Gasteiger partial charge in [-0.05, 0) is 37.1 Å². The highest BCUT2D eigenvalue weighted by Gasteiger charge is 2.24. The highest BCUT2D eigenvalue weighted by atomic mass is 16.4. The Morgan fingerprint density at radius 1 is 0.871 bits per heavy atom. The Morgan fingerprint density at radius 3 is 1.94 bits per heavy atom.